The number of carbonyl (C=O) groups is 2. The van der Waals surface area contributed by atoms with Crippen molar-refractivity contribution >= 4 is 43.5 Å². The number of sulfonamides is 1. The van der Waals surface area contributed by atoms with Gasteiger partial charge < -0.3 is 10.2 Å². The number of rotatable bonds is 9. The molecule has 1 fully saturated rings. The van der Waals surface area contributed by atoms with Crippen molar-refractivity contribution in [2.24, 2.45) is 0 Å². The molecule has 9 heteroatoms. The molecule has 1 aliphatic carbocycles. The highest BCUT2D eigenvalue weighted by Gasteiger charge is 2.31. The van der Waals surface area contributed by atoms with Gasteiger partial charge in [0.25, 0.3) is 0 Å². The van der Waals surface area contributed by atoms with Crippen LogP contribution in [0.15, 0.2) is 46.9 Å². The van der Waals surface area contributed by atoms with Gasteiger partial charge >= 0.3 is 0 Å². The van der Waals surface area contributed by atoms with Crippen molar-refractivity contribution in [1.29, 1.82) is 0 Å². The number of carbonyl (C=O) groups excluding carboxylic acids is 2. The van der Waals surface area contributed by atoms with Crippen LogP contribution in [0.1, 0.15) is 55.7 Å². The highest BCUT2D eigenvalue weighted by Crippen LogP contribution is 2.26. The molecule has 0 aliphatic heterocycles. The fourth-order valence-corrected chi connectivity index (χ4v) is 5.93. The van der Waals surface area contributed by atoms with Crippen LogP contribution in [0.3, 0.4) is 0 Å². The molecule has 0 bridgehead atoms. The smallest absolute Gasteiger partial charge is 0.244 e. The molecule has 0 heterocycles. The Morgan fingerprint density at radius 1 is 1.08 bits per heavy atom. The molecule has 2 aromatic carbocycles. The van der Waals surface area contributed by atoms with E-state index in [0.717, 1.165) is 57.4 Å². The van der Waals surface area contributed by atoms with Crippen LogP contribution in [-0.4, -0.2) is 50.0 Å². The number of hydrogen-bond donors (Lipinski definition) is 1. The number of halogens is 1. The molecule has 1 saturated carbocycles. The number of benzene rings is 2. The van der Waals surface area contributed by atoms with Crippen molar-refractivity contribution in [3.63, 3.8) is 0 Å². The van der Waals surface area contributed by atoms with Crippen LogP contribution in [0.25, 0.3) is 0 Å². The lowest BCUT2D eigenvalue weighted by molar-refractivity contribution is -0.139. The van der Waals surface area contributed by atoms with Gasteiger partial charge in [0.1, 0.15) is 12.6 Å². The van der Waals surface area contributed by atoms with E-state index in [9.17, 15) is 18.0 Å². The second-order valence-electron chi connectivity index (χ2n) is 9.66. The van der Waals surface area contributed by atoms with E-state index in [1.54, 1.807) is 19.1 Å². The van der Waals surface area contributed by atoms with E-state index in [1.165, 1.54) is 11.3 Å². The molecule has 1 unspecified atom stereocenters. The molecule has 2 aromatic rings. The number of anilines is 1. The van der Waals surface area contributed by atoms with E-state index in [0.29, 0.717) is 5.69 Å². The van der Waals surface area contributed by atoms with Gasteiger partial charge in [-0.3, -0.25) is 13.9 Å². The largest absolute Gasteiger partial charge is 0.352 e. The summed E-state index contributed by atoms with van der Waals surface area (Å²) in [4.78, 5) is 28.4. The average molecular weight is 579 g/mol. The summed E-state index contributed by atoms with van der Waals surface area (Å²) in [6.07, 6.45) is 6.31. The van der Waals surface area contributed by atoms with Crippen LogP contribution in [0.5, 0.6) is 0 Å². The standard InChI is InChI=1S/C27H36BrN3O4S/c1-19-10-8-15-25(20(19)2)31(36(4,34)35)18-26(32)30(17-22-11-9-12-23(28)16-22)21(3)27(33)29-24-13-6-5-7-14-24/h8-12,15-16,21,24H,5-7,13-14,17-18H2,1-4H3,(H,29,33). The topological polar surface area (TPSA) is 86.8 Å². The summed E-state index contributed by atoms with van der Waals surface area (Å²) >= 11 is 3.46. The minimum absolute atomic E-state index is 0.110. The summed E-state index contributed by atoms with van der Waals surface area (Å²) in [7, 11) is -3.76. The SMILES string of the molecule is Cc1cccc(N(CC(=O)N(Cc2cccc(Br)c2)C(C)C(=O)NC2CCCCC2)S(C)(=O)=O)c1C. The third kappa shape index (κ3) is 7.32. The number of amides is 2. The molecule has 1 N–H and O–H groups in total. The van der Waals surface area contributed by atoms with E-state index >= 15 is 0 Å². The Hall–Kier alpha value is -2.39. The molecule has 0 saturated heterocycles. The minimum Gasteiger partial charge on any atom is -0.352 e. The zero-order valence-electron chi connectivity index (χ0n) is 21.5. The second kappa shape index (κ2) is 12.2. The van der Waals surface area contributed by atoms with Gasteiger partial charge in [0.05, 0.1) is 11.9 Å². The Kier molecular flexibility index (Phi) is 9.58. The van der Waals surface area contributed by atoms with Crippen LogP contribution >= 0.6 is 15.9 Å². The maximum absolute atomic E-state index is 13.7. The first-order valence-electron chi connectivity index (χ1n) is 12.4. The molecule has 0 aromatic heterocycles. The Balaban J connectivity index is 1.90. The molecule has 1 atom stereocenters. The van der Waals surface area contributed by atoms with Crippen molar-refractivity contribution in [3.8, 4) is 0 Å². The molecule has 1 aliphatic rings. The van der Waals surface area contributed by atoms with Gasteiger partial charge in [-0.15, -0.1) is 0 Å². The molecule has 196 valence electrons. The summed E-state index contributed by atoms with van der Waals surface area (Å²) in [6.45, 7) is 5.24. The molecule has 3 rings (SSSR count). The summed E-state index contributed by atoms with van der Waals surface area (Å²) in [5, 5.41) is 3.11. The fraction of sp³-hybridized carbons (Fsp3) is 0.481. The molecular formula is C27H36BrN3O4S. The van der Waals surface area contributed by atoms with E-state index in [1.807, 2.05) is 44.2 Å². The lowest BCUT2D eigenvalue weighted by Gasteiger charge is -2.33. The third-order valence-electron chi connectivity index (χ3n) is 6.88. The van der Waals surface area contributed by atoms with Crippen molar-refractivity contribution < 1.29 is 18.0 Å². The van der Waals surface area contributed by atoms with Gasteiger partial charge in [0, 0.05) is 17.1 Å². The summed E-state index contributed by atoms with van der Waals surface area (Å²) in [5.41, 5.74) is 3.03. The first-order chi connectivity index (χ1) is 17.0. The predicted molar refractivity (Wildman–Crippen MR) is 147 cm³/mol. The van der Waals surface area contributed by atoms with Crippen LogP contribution in [0.4, 0.5) is 5.69 Å². The second-order valence-corrected chi connectivity index (χ2v) is 12.5. The maximum atomic E-state index is 13.7. The Morgan fingerprint density at radius 2 is 1.75 bits per heavy atom. The lowest BCUT2D eigenvalue weighted by Crippen LogP contribution is -2.53. The van der Waals surface area contributed by atoms with Gasteiger partial charge in [-0.1, -0.05) is 59.5 Å². The normalized spacial score (nSPS) is 15.2. The zero-order chi connectivity index (χ0) is 26.5. The van der Waals surface area contributed by atoms with Gasteiger partial charge in [-0.25, -0.2) is 8.42 Å². The predicted octanol–water partition coefficient (Wildman–Crippen LogP) is 4.70. The Morgan fingerprint density at radius 3 is 2.39 bits per heavy atom. The number of nitrogens with one attached hydrogen (secondary N) is 1. The molecule has 36 heavy (non-hydrogen) atoms. The Labute approximate surface area is 223 Å². The molecule has 0 radical (unpaired) electrons. The first kappa shape index (κ1) is 28.2. The van der Waals surface area contributed by atoms with Gasteiger partial charge in [0.15, 0.2) is 0 Å². The third-order valence-corrected chi connectivity index (χ3v) is 8.50. The van der Waals surface area contributed by atoms with Crippen LogP contribution < -0.4 is 9.62 Å². The number of aryl methyl sites for hydroxylation is 1. The molecule has 7 nitrogen and oxygen atoms in total. The monoisotopic (exact) mass is 577 g/mol. The highest BCUT2D eigenvalue weighted by molar-refractivity contribution is 9.10. The summed E-state index contributed by atoms with van der Waals surface area (Å²) < 4.78 is 27.6. The quantitative estimate of drug-likeness (QED) is 0.468. The van der Waals surface area contributed by atoms with Crippen molar-refractivity contribution in [2.75, 3.05) is 17.1 Å². The van der Waals surface area contributed by atoms with Crippen LogP contribution in [0.2, 0.25) is 0 Å². The van der Waals surface area contributed by atoms with Crippen LogP contribution in [-0.2, 0) is 26.2 Å². The van der Waals surface area contributed by atoms with E-state index in [4.69, 9.17) is 0 Å². The van der Waals surface area contributed by atoms with Crippen molar-refractivity contribution in [3.05, 3.63) is 63.6 Å². The van der Waals surface area contributed by atoms with Gasteiger partial charge in [-0.2, -0.15) is 0 Å². The van der Waals surface area contributed by atoms with E-state index < -0.39 is 28.5 Å². The van der Waals surface area contributed by atoms with Crippen LogP contribution in [0, 0.1) is 13.8 Å². The zero-order valence-corrected chi connectivity index (χ0v) is 23.9. The average Bonchev–Trinajstić information content (AvgIpc) is 2.82. The van der Waals surface area contributed by atoms with Crippen molar-refractivity contribution in [2.45, 2.75) is 71.5 Å². The fourth-order valence-electron chi connectivity index (χ4n) is 4.58. The maximum Gasteiger partial charge on any atom is 0.244 e. The van der Waals surface area contributed by atoms with Crippen molar-refractivity contribution in [1.82, 2.24) is 10.2 Å². The number of hydrogen-bond acceptors (Lipinski definition) is 4. The Bertz CT molecular complexity index is 1200. The van der Waals surface area contributed by atoms with Gasteiger partial charge in [-0.05, 0) is 68.5 Å². The first-order valence-corrected chi connectivity index (χ1v) is 15.0. The summed E-state index contributed by atoms with van der Waals surface area (Å²) in [6, 6.07) is 12.3. The molecule has 2 amide bonds. The highest BCUT2D eigenvalue weighted by atomic mass is 79.9. The number of nitrogens with zero attached hydrogens (tertiary/aromatic N) is 2. The lowest BCUT2D eigenvalue weighted by atomic mass is 9.95. The molecular weight excluding hydrogens is 542 g/mol. The van der Waals surface area contributed by atoms with E-state index in [2.05, 4.69) is 21.2 Å². The van der Waals surface area contributed by atoms with E-state index in [-0.39, 0.29) is 18.5 Å². The van der Waals surface area contributed by atoms with Gasteiger partial charge in [0.2, 0.25) is 21.8 Å². The molecule has 0 spiro atoms. The summed E-state index contributed by atoms with van der Waals surface area (Å²) in [5.74, 6) is -0.657. The minimum atomic E-state index is -3.76.